The van der Waals surface area contributed by atoms with E-state index in [-0.39, 0.29) is 18.0 Å². The van der Waals surface area contributed by atoms with Crippen LogP contribution in [0.5, 0.6) is 0 Å². The Kier molecular flexibility index (Phi) is 6.46. The number of amidine groups is 1. The molecule has 5 nitrogen and oxygen atoms in total. The summed E-state index contributed by atoms with van der Waals surface area (Å²) in [5, 5.41) is 5.16. The molecule has 0 radical (unpaired) electrons. The topological polar surface area (TPSA) is 70.6 Å². The van der Waals surface area contributed by atoms with E-state index in [4.69, 9.17) is 0 Å². The molecule has 1 atom stereocenters. The number of thioether (sulfide) groups is 1. The minimum absolute atomic E-state index is 0.0556. The number of nitrogens with zero attached hydrogens (tertiary/aromatic N) is 1. The lowest BCUT2D eigenvalue weighted by Crippen LogP contribution is -2.28. The van der Waals surface area contributed by atoms with Crippen molar-refractivity contribution < 1.29 is 14.0 Å². The Morgan fingerprint density at radius 2 is 1.82 bits per heavy atom. The number of anilines is 1. The lowest BCUT2D eigenvalue weighted by Gasteiger charge is -2.09. The number of amides is 2. The minimum atomic E-state index is -0.593. The van der Waals surface area contributed by atoms with Crippen LogP contribution in [0.1, 0.15) is 31.4 Å². The average molecular weight is 399 g/mol. The fraction of sp³-hybridized carbons (Fsp3) is 0.286. The van der Waals surface area contributed by atoms with Gasteiger partial charge in [-0.15, -0.1) is 0 Å². The summed E-state index contributed by atoms with van der Waals surface area (Å²) in [6, 6.07) is 12.0. The van der Waals surface area contributed by atoms with Crippen LogP contribution in [-0.2, 0) is 22.4 Å². The fourth-order valence-electron chi connectivity index (χ4n) is 2.98. The van der Waals surface area contributed by atoms with Crippen LogP contribution < -0.4 is 10.6 Å². The third-order valence-electron chi connectivity index (χ3n) is 4.47. The number of carbonyl (C=O) groups is 2. The summed E-state index contributed by atoms with van der Waals surface area (Å²) >= 11 is 1.23. The third kappa shape index (κ3) is 4.59. The molecule has 1 saturated heterocycles. The first-order chi connectivity index (χ1) is 13.5. The lowest BCUT2D eigenvalue weighted by molar-refractivity contribution is -0.122. The van der Waals surface area contributed by atoms with Crippen molar-refractivity contribution in [2.45, 2.75) is 38.4 Å². The number of aryl methyl sites for hydroxylation is 2. The molecule has 2 aromatic rings. The summed E-state index contributed by atoms with van der Waals surface area (Å²) in [5.41, 5.74) is 3.21. The molecular weight excluding hydrogens is 377 g/mol. The first-order valence-corrected chi connectivity index (χ1v) is 10.1. The maximum atomic E-state index is 13.7. The van der Waals surface area contributed by atoms with Gasteiger partial charge in [0.2, 0.25) is 11.8 Å². The van der Waals surface area contributed by atoms with Crippen LogP contribution in [-0.4, -0.2) is 22.2 Å². The molecule has 0 aromatic heterocycles. The van der Waals surface area contributed by atoms with Crippen molar-refractivity contribution in [3.05, 3.63) is 59.4 Å². The smallest absolute Gasteiger partial charge is 0.240 e. The second kappa shape index (κ2) is 9.01. The maximum Gasteiger partial charge on any atom is 0.240 e. The van der Waals surface area contributed by atoms with Crippen molar-refractivity contribution in [3.8, 4) is 0 Å². The van der Waals surface area contributed by atoms with Gasteiger partial charge < -0.3 is 10.6 Å². The van der Waals surface area contributed by atoms with Crippen LogP contribution in [0.3, 0.4) is 0 Å². The van der Waals surface area contributed by atoms with E-state index in [9.17, 15) is 14.0 Å². The number of hydrogen-bond acceptors (Lipinski definition) is 4. The van der Waals surface area contributed by atoms with E-state index >= 15 is 0 Å². The maximum absolute atomic E-state index is 13.7. The van der Waals surface area contributed by atoms with Gasteiger partial charge in [-0.05, 0) is 36.1 Å². The second-order valence-corrected chi connectivity index (χ2v) is 7.57. The van der Waals surface area contributed by atoms with Crippen molar-refractivity contribution in [3.63, 3.8) is 0 Å². The summed E-state index contributed by atoms with van der Waals surface area (Å²) in [5.74, 6) is -1.19. The fourth-order valence-corrected chi connectivity index (χ4v) is 3.96. The number of aliphatic imine (C=N–C) groups is 1. The highest BCUT2D eigenvalue weighted by atomic mass is 32.2. The Bertz CT molecular complexity index is 907. The number of halogens is 1. The highest BCUT2D eigenvalue weighted by molar-refractivity contribution is 8.15. The zero-order valence-corrected chi connectivity index (χ0v) is 16.6. The SMILES string of the molecule is CCc1cccc(CC)c1N=C1NC(=O)[C@@H](CC(=O)Nc2ccccc2F)S1. The van der Waals surface area contributed by atoms with Crippen molar-refractivity contribution in [2.75, 3.05) is 5.32 Å². The molecule has 1 heterocycles. The molecule has 1 fully saturated rings. The molecule has 1 aliphatic heterocycles. The molecule has 2 N–H and O–H groups in total. The molecule has 0 unspecified atom stereocenters. The Hall–Kier alpha value is -2.67. The summed E-state index contributed by atoms with van der Waals surface area (Å²) in [6.07, 6.45) is 1.62. The van der Waals surface area contributed by atoms with Gasteiger partial charge >= 0.3 is 0 Å². The quantitative estimate of drug-likeness (QED) is 0.765. The Morgan fingerprint density at radius 1 is 1.14 bits per heavy atom. The lowest BCUT2D eigenvalue weighted by atomic mass is 10.0. The highest BCUT2D eigenvalue weighted by Gasteiger charge is 2.32. The van der Waals surface area contributed by atoms with Gasteiger partial charge in [-0.25, -0.2) is 9.38 Å². The van der Waals surface area contributed by atoms with Crippen molar-refractivity contribution in [2.24, 2.45) is 4.99 Å². The number of rotatable bonds is 6. The highest BCUT2D eigenvalue weighted by Crippen LogP contribution is 2.30. The van der Waals surface area contributed by atoms with Gasteiger partial charge in [-0.3, -0.25) is 9.59 Å². The van der Waals surface area contributed by atoms with E-state index in [1.807, 2.05) is 18.2 Å². The van der Waals surface area contributed by atoms with Crippen LogP contribution in [0.4, 0.5) is 15.8 Å². The van der Waals surface area contributed by atoms with E-state index in [0.717, 1.165) is 29.7 Å². The molecule has 1 aliphatic rings. The predicted molar refractivity (Wildman–Crippen MR) is 111 cm³/mol. The molecule has 0 bridgehead atoms. The summed E-state index contributed by atoms with van der Waals surface area (Å²) in [7, 11) is 0. The Labute approximate surface area is 167 Å². The van der Waals surface area contributed by atoms with Crippen LogP contribution in [0, 0.1) is 5.82 Å². The van der Waals surface area contributed by atoms with E-state index in [0.29, 0.717) is 5.17 Å². The first kappa shape index (κ1) is 20.1. The van der Waals surface area contributed by atoms with Gasteiger partial charge in [0.25, 0.3) is 0 Å². The zero-order chi connectivity index (χ0) is 20.1. The molecule has 2 aromatic carbocycles. The van der Waals surface area contributed by atoms with Gasteiger partial charge in [0.15, 0.2) is 5.17 Å². The van der Waals surface area contributed by atoms with Crippen LogP contribution in [0.25, 0.3) is 0 Å². The van der Waals surface area contributed by atoms with Crippen LogP contribution in [0.15, 0.2) is 47.5 Å². The van der Waals surface area contributed by atoms with E-state index in [2.05, 4.69) is 29.5 Å². The largest absolute Gasteiger partial charge is 0.324 e. The number of benzene rings is 2. The van der Waals surface area contributed by atoms with Gasteiger partial charge in [-0.1, -0.05) is 55.9 Å². The second-order valence-electron chi connectivity index (χ2n) is 6.38. The van der Waals surface area contributed by atoms with Crippen LogP contribution in [0.2, 0.25) is 0 Å². The monoisotopic (exact) mass is 399 g/mol. The number of nitrogens with one attached hydrogen (secondary N) is 2. The molecule has 7 heteroatoms. The molecular formula is C21H22FN3O2S. The Morgan fingerprint density at radius 3 is 2.46 bits per heavy atom. The number of hydrogen-bond donors (Lipinski definition) is 2. The molecule has 28 heavy (non-hydrogen) atoms. The molecule has 2 amide bonds. The number of carbonyl (C=O) groups excluding carboxylic acids is 2. The normalized spacial score (nSPS) is 17.6. The van der Waals surface area contributed by atoms with Gasteiger partial charge in [0, 0.05) is 6.42 Å². The molecule has 0 saturated carbocycles. The molecule has 3 rings (SSSR count). The van der Waals surface area contributed by atoms with E-state index in [1.54, 1.807) is 12.1 Å². The van der Waals surface area contributed by atoms with Gasteiger partial charge in [-0.2, -0.15) is 0 Å². The third-order valence-corrected chi connectivity index (χ3v) is 5.56. The van der Waals surface area contributed by atoms with Crippen molar-refractivity contribution in [1.82, 2.24) is 5.32 Å². The molecule has 0 aliphatic carbocycles. The average Bonchev–Trinajstić information content (AvgIpc) is 3.02. The predicted octanol–water partition coefficient (Wildman–Crippen LogP) is 4.20. The van der Waals surface area contributed by atoms with E-state index < -0.39 is 17.0 Å². The minimum Gasteiger partial charge on any atom is -0.324 e. The van der Waals surface area contributed by atoms with E-state index in [1.165, 1.54) is 23.9 Å². The summed E-state index contributed by atoms with van der Waals surface area (Å²) in [4.78, 5) is 29.2. The van der Waals surface area contributed by atoms with Gasteiger partial charge in [0.1, 0.15) is 11.1 Å². The van der Waals surface area contributed by atoms with Crippen molar-refractivity contribution in [1.29, 1.82) is 0 Å². The van der Waals surface area contributed by atoms with Gasteiger partial charge in [0.05, 0.1) is 11.4 Å². The van der Waals surface area contributed by atoms with Crippen molar-refractivity contribution >= 4 is 40.1 Å². The number of para-hydroxylation sites is 2. The molecule has 0 spiro atoms. The summed E-state index contributed by atoms with van der Waals surface area (Å²) < 4.78 is 13.7. The zero-order valence-electron chi connectivity index (χ0n) is 15.8. The molecule has 146 valence electrons. The first-order valence-electron chi connectivity index (χ1n) is 9.23. The van der Waals surface area contributed by atoms with Crippen LogP contribution >= 0.6 is 11.8 Å². The Balaban J connectivity index is 1.71. The standard InChI is InChI=1S/C21H22FN3O2S/c1-3-13-8-7-9-14(4-2)19(13)24-21-25-20(27)17(28-21)12-18(26)23-16-11-6-5-10-15(16)22/h5-11,17H,3-4,12H2,1-2H3,(H,23,26)(H,24,25,27)/t17-/m1/s1. The summed E-state index contributed by atoms with van der Waals surface area (Å²) in [6.45, 7) is 4.13.